The molecule has 0 N–H and O–H groups in total. The quantitative estimate of drug-likeness (QED) is 0.663. The third-order valence-corrected chi connectivity index (χ3v) is 4.07. The highest BCUT2D eigenvalue weighted by Crippen LogP contribution is 2.39. The molecule has 3 aromatic rings. The van der Waals surface area contributed by atoms with E-state index in [0.717, 1.165) is 23.6 Å². The summed E-state index contributed by atoms with van der Waals surface area (Å²) < 4.78 is 2.24. The Morgan fingerprint density at radius 2 is 1.70 bits per heavy atom. The van der Waals surface area contributed by atoms with Crippen LogP contribution < -0.4 is 0 Å². The van der Waals surface area contributed by atoms with Crippen LogP contribution in [-0.4, -0.2) is 19.7 Å². The van der Waals surface area contributed by atoms with Gasteiger partial charge in [-0.1, -0.05) is 24.3 Å². The third-order valence-electron chi connectivity index (χ3n) is 4.07. The Labute approximate surface area is 147 Å². The first-order valence-electron chi connectivity index (χ1n) is 7.11. The zero-order chi connectivity index (χ0) is 14.4. The second kappa shape index (κ2) is 6.30. The fourth-order valence-electron chi connectivity index (χ4n) is 3.15. The van der Waals surface area contributed by atoms with Crippen LogP contribution >= 0.6 is 24.8 Å². The molecule has 1 aliphatic heterocycles. The summed E-state index contributed by atoms with van der Waals surface area (Å²) in [5, 5.41) is 8.89. The first-order chi connectivity index (χ1) is 10.2. The van der Waals surface area contributed by atoms with Gasteiger partial charge in [0.05, 0.1) is 0 Å². The van der Waals surface area contributed by atoms with Gasteiger partial charge in [0.25, 0.3) is 0 Å². The molecule has 0 aliphatic carbocycles. The minimum absolute atomic E-state index is 0. The largest absolute Gasteiger partial charge is 0.301 e. The van der Waals surface area contributed by atoms with Crippen LogP contribution in [0, 0.1) is 0 Å². The zero-order valence-electron chi connectivity index (χ0n) is 12.9. The van der Waals surface area contributed by atoms with Crippen LogP contribution in [0.5, 0.6) is 0 Å². The maximum Gasteiger partial charge on any atom is 0.166 e. The number of benzene rings is 1. The zero-order valence-corrected chi connectivity index (χ0v) is 14.6. The van der Waals surface area contributed by atoms with E-state index in [4.69, 9.17) is 0 Å². The second-order valence-corrected chi connectivity index (χ2v) is 6.07. The number of aromatic nitrogens is 4. The molecule has 1 aliphatic rings. The van der Waals surface area contributed by atoms with Gasteiger partial charge in [0.2, 0.25) is 0 Å². The van der Waals surface area contributed by atoms with Crippen molar-refractivity contribution < 1.29 is 0 Å². The van der Waals surface area contributed by atoms with Crippen molar-refractivity contribution in [3.05, 3.63) is 54.4 Å². The lowest BCUT2D eigenvalue weighted by Gasteiger charge is -2.34. The van der Waals surface area contributed by atoms with Crippen LogP contribution in [0.2, 0.25) is 0 Å². The third kappa shape index (κ3) is 2.73. The molecule has 0 atom stereocenters. The van der Waals surface area contributed by atoms with Crippen LogP contribution in [0.15, 0.2) is 48.8 Å². The molecular weight excluding hydrogens is 331 g/mol. The maximum atomic E-state index is 4.46. The Balaban J connectivity index is 0.000000960. The van der Waals surface area contributed by atoms with Crippen molar-refractivity contribution in [2.45, 2.75) is 25.8 Å². The summed E-state index contributed by atoms with van der Waals surface area (Å²) in [6.45, 7) is 4.46. The Morgan fingerprint density at radius 1 is 0.957 bits per heavy atom. The predicted octanol–water partition coefficient (Wildman–Crippen LogP) is 4.14. The molecule has 0 fully saturated rings. The highest BCUT2D eigenvalue weighted by Gasteiger charge is 2.34. The van der Waals surface area contributed by atoms with Gasteiger partial charge in [0.15, 0.2) is 11.6 Å². The van der Waals surface area contributed by atoms with Crippen molar-refractivity contribution in [1.29, 1.82) is 0 Å². The topological polar surface area (TPSA) is 43.6 Å². The average molecular weight is 349 g/mol. The Bertz CT molecular complexity index is 799. The van der Waals surface area contributed by atoms with Crippen LogP contribution in [0.25, 0.3) is 22.8 Å². The van der Waals surface area contributed by atoms with Crippen LogP contribution in [0.3, 0.4) is 0 Å². The van der Waals surface area contributed by atoms with Gasteiger partial charge in [-0.2, -0.15) is 0 Å². The first kappa shape index (κ1) is 17.4. The number of hydrogen-bond acceptors (Lipinski definition) is 3. The smallest absolute Gasteiger partial charge is 0.166 e. The summed E-state index contributed by atoms with van der Waals surface area (Å²) in [4.78, 5) is 4.20. The Hall–Kier alpha value is -1.91. The molecular formula is C17H18Cl2N4. The van der Waals surface area contributed by atoms with Crippen molar-refractivity contribution in [2.24, 2.45) is 0 Å². The molecule has 6 heteroatoms. The van der Waals surface area contributed by atoms with E-state index in [9.17, 15) is 0 Å². The second-order valence-electron chi connectivity index (χ2n) is 6.07. The number of nitrogens with zero attached hydrogens (tertiary/aromatic N) is 4. The van der Waals surface area contributed by atoms with Crippen molar-refractivity contribution in [3.63, 3.8) is 0 Å². The number of rotatable bonds is 1. The Kier molecular flexibility index (Phi) is 4.78. The monoisotopic (exact) mass is 348 g/mol. The van der Waals surface area contributed by atoms with Gasteiger partial charge in [-0.25, -0.2) is 0 Å². The summed E-state index contributed by atoms with van der Waals surface area (Å²) in [7, 11) is 0. The van der Waals surface area contributed by atoms with E-state index in [0.29, 0.717) is 0 Å². The SMILES string of the molecule is CC1(C)Cc2ccccc2-c2nnc(-c3cccnc3)n21.Cl.Cl. The standard InChI is InChI=1S/C17H16N4.2ClH/c1-17(2)10-12-6-3-4-8-14(12)16-20-19-15(21(16)17)13-7-5-9-18-11-13;;/h3-9,11H,10H2,1-2H3;2*1H. The molecule has 3 heterocycles. The van der Waals surface area contributed by atoms with Gasteiger partial charge >= 0.3 is 0 Å². The number of fused-ring (bicyclic) bond motifs is 3. The van der Waals surface area contributed by atoms with Gasteiger partial charge in [-0.05, 0) is 38.0 Å². The van der Waals surface area contributed by atoms with Crippen molar-refractivity contribution in [2.75, 3.05) is 0 Å². The molecule has 0 saturated carbocycles. The molecule has 23 heavy (non-hydrogen) atoms. The normalized spacial score (nSPS) is 14.0. The minimum Gasteiger partial charge on any atom is -0.301 e. The predicted molar refractivity (Wildman–Crippen MR) is 96.2 cm³/mol. The number of pyridine rings is 1. The summed E-state index contributed by atoms with van der Waals surface area (Å²) in [6.07, 6.45) is 4.59. The molecule has 0 radical (unpaired) electrons. The van der Waals surface area contributed by atoms with E-state index >= 15 is 0 Å². The van der Waals surface area contributed by atoms with E-state index in [1.807, 2.05) is 18.3 Å². The highest BCUT2D eigenvalue weighted by atomic mass is 35.5. The molecule has 4 nitrogen and oxygen atoms in total. The molecule has 120 valence electrons. The van der Waals surface area contributed by atoms with Crippen LogP contribution in [-0.2, 0) is 12.0 Å². The van der Waals surface area contributed by atoms with Gasteiger partial charge in [0, 0.05) is 29.1 Å². The summed E-state index contributed by atoms with van der Waals surface area (Å²) in [6, 6.07) is 12.4. The maximum absolute atomic E-state index is 4.46. The molecule has 1 aromatic carbocycles. The van der Waals surface area contributed by atoms with E-state index in [-0.39, 0.29) is 30.4 Å². The summed E-state index contributed by atoms with van der Waals surface area (Å²) in [5.74, 6) is 1.83. The lowest BCUT2D eigenvalue weighted by Crippen LogP contribution is -2.33. The Morgan fingerprint density at radius 3 is 2.43 bits per heavy atom. The van der Waals surface area contributed by atoms with E-state index in [2.05, 4.69) is 57.9 Å². The van der Waals surface area contributed by atoms with Crippen LogP contribution in [0.4, 0.5) is 0 Å². The number of halogens is 2. The van der Waals surface area contributed by atoms with Crippen molar-refractivity contribution in [3.8, 4) is 22.8 Å². The first-order valence-corrected chi connectivity index (χ1v) is 7.11. The number of hydrogen-bond donors (Lipinski definition) is 0. The molecule has 0 unspecified atom stereocenters. The summed E-state index contributed by atoms with van der Waals surface area (Å²) >= 11 is 0. The van der Waals surface area contributed by atoms with Crippen molar-refractivity contribution in [1.82, 2.24) is 19.7 Å². The lowest BCUT2D eigenvalue weighted by molar-refractivity contribution is 0.351. The van der Waals surface area contributed by atoms with Gasteiger partial charge < -0.3 is 4.57 Å². The molecule has 4 rings (SSSR count). The molecule has 0 amide bonds. The van der Waals surface area contributed by atoms with Crippen molar-refractivity contribution >= 4 is 24.8 Å². The summed E-state index contributed by atoms with van der Waals surface area (Å²) in [5.41, 5.74) is 3.46. The fraction of sp³-hybridized carbons (Fsp3) is 0.235. The average Bonchev–Trinajstić information content (AvgIpc) is 2.94. The van der Waals surface area contributed by atoms with Gasteiger partial charge in [0.1, 0.15) is 0 Å². The minimum atomic E-state index is -0.0572. The molecule has 2 aromatic heterocycles. The van der Waals surface area contributed by atoms with E-state index < -0.39 is 0 Å². The van der Waals surface area contributed by atoms with E-state index in [1.165, 1.54) is 11.1 Å². The molecule has 0 spiro atoms. The molecule has 0 bridgehead atoms. The van der Waals surface area contributed by atoms with E-state index in [1.54, 1.807) is 6.20 Å². The lowest BCUT2D eigenvalue weighted by atomic mass is 9.87. The van der Waals surface area contributed by atoms with Gasteiger partial charge in [-0.15, -0.1) is 35.0 Å². The van der Waals surface area contributed by atoms with Crippen LogP contribution in [0.1, 0.15) is 19.4 Å². The molecule has 0 saturated heterocycles. The fourth-order valence-corrected chi connectivity index (χ4v) is 3.15. The highest BCUT2D eigenvalue weighted by molar-refractivity contribution is 5.85. The van der Waals surface area contributed by atoms with Gasteiger partial charge in [-0.3, -0.25) is 4.98 Å².